The molecule has 0 amide bonds. The fourth-order valence-corrected chi connectivity index (χ4v) is 2.12. The lowest BCUT2D eigenvalue weighted by atomic mass is 10.2. The van der Waals surface area contributed by atoms with E-state index in [0.29, 0.717) is 29.5 Å². The molecule has 0 bridgehead atoms. The third kappa shape index (κ3) is 3.70. The molecule has 2 aromatic rings. The van der Waals surface area contributed by atoms with Gasteiger partial charge in [0, 0.05) is 24.8 Å². The zero-order chi connectivity index (χ0) is 14.4. The van der Waals surface area contributed by atoms with E-state index in [2.05, 4.69) is 4.98 Å². The van der Waals surface area contributed by atoms with Crippen molar-refractivity contribution in [3.63, 3.8) is 0 Å². The van der Waals surface area contributed by atoms with Gasteiger partial charge >= 0.3 is 0 Å². The molecule has 2 N–H and O–H groups in total. The highest BCUT2D eigenvalue weighted by Gasteiger charge is 2.10. The van der Waals surface area contributed by atoms with Crippen LogP contribution in [0.1, 0.15) is 11.1 Å². The van der Waals surface area contributed by atoms with Crippen LogP contribution < -0.4 is 4.90 Å². The van der Waals surface area contributed by atoms with Gasteiger partial charge in [0.1, 0.15) is 5.82 Å². The molecule has 0 spiro atoms. The minimum absolute atomic E-state index is 0.0333. The van der Waals surface area contributed by atoms with Crippen LogP contribution in [0.2, 0.25) is 5.02 Å². The topological polar surface area (TPSA) is 56.6 Å². The second-order valence-corrected chi connectivity index (χ2v) is 4.83. The van der Waals surface area contributed by atoms with Crippen molar-refractivity contribution in [2.24, 2.45) is 0 Å². The van der Waals surface area contributed by atoms with Crippen molar-refractivity contribution in [3.05, 3.63) is 58.7 Å². The van der Waals surface area contributed by atoms with Crippen LogP contribution in [0.15, 0.2) is 42.6 Å². The van der Waals surface area contributed by atoms with Gasteiger partial charge in [-0.05, 0) is 11.6 Å². The second kappa shape index (κ2) is 7.24. The molecule has 0 saturated heterocycles. The van der Waals surface area contributed by atoms with E-state index in [1.54, 1.807) is 6.07 Å². The third-order valence-electron chi connectivity index (χ3n) is 3.00. The van der Waals surface area contributed by atoms with Crippen molar-refractivity contribution < 1.29 is 10.2 Å². The van der Waals surface area contributed by atoms with Crippen LogP contribution in [0.25, 0.3) is 0 Å². The Morgan fingerprint density at radius 1 is 1.15 bits per heavy atom. The van der Waals surface area contributed by atoms with Gasteiger partial charge in [0.25, 0.3) is 0 Å². The average molecular weight is 293 g/mol. The van der Waals surface area contributed by atoms with Gasteiger partial charge in [-0.2, -0.15) is 0 Å². The van der Waals surface area contributed by atoms with E-state index in [1.807, 2.05) is 35.2 Å². The fourth-order valence-electron chi connectivity index (χ4n) is 1.96. The number of anilines is 1. The first-order valence-electron chi connectivity index (χ1n) is 6.39. The zero-order valence-corrected chi connectivity index (χ0v) is 11.8. The van der Waals surface area contributed by atoms with E-state index in [9.17, 15) is 10.2 Å². The van der Waals surface area contributed by atoms with Crippen molar-refractivity contribution in [2.45, 2.75) is 13.2 Å². The number of halogens is 1. The molecule has 20 heavy (non-hydrogen) atoms. The zero-order valence-electron chi connectivity index (χ0n) is 11.0. The van der Waals surface area contributed by atoms with Gasteiger partial charge in [-0.3, -0.25) is 0 Å². The van der Waals surface area contributed by atoms with Crippen molar-refractivity contribution in [3.8, 4) is 0 Å². The summed E-state index contributed by atoms with van der Waals surface area (Å²) in [6.07, 6.45) is 1.53. The number of benzene rings is 1. The first-order chi connectivity index (χ1) is 9.74. The third-order valence-corrected chi connectivity index (χ3v) is 3.34. The molecule has 0 fully saturated rings. The summed E-state index contributed by atoms with van der Waals surface area (Å²) in [5.74, 6) is 0.691. The van der Waals surface area contributed by atoms with Crippen LogP contribution >= 0.6 is 11.6 Å². The highest BCUT2D eigenvalue weighted by atomic mass is 35.5. The Labute approximate surface area is 123 Å². The first-order valence-corrected chi connectivity index (χ1v) is 6.77. The van der Waals surface area contributed by atoms with Crippen LogP contribution in [0, 0.1) is 0 Å². The number of aliphatic hydroxyl groups excluding tert-OH is 2. The molecule has 5 heteroatoms. The summed E-state index contributed by atoms with van der Waals surface area (Å²) in [4.78, 5) is 6.22. The summed E-state index contributed by atoms with van der Waals surface area (Å²) in [5.41, 5.74) is 1.76. The van der Waals surface area contributed by atoms with E-state index in [1.165, 1.54) is 6.20 Å². The van der Waals surface area contributed by atoms with Crippen molar-refractivity contribution in [1.29, 1.82) is 0 Å². The predicted octanol–water partition coefficient (Wildman–Crippen LogP) is 2.23. The van der Waals surface area contributed by atoms with E-state index in [0.717, 1.165) is 5.56 Å². The minimum atomic E-state index is -0.132. The van der Waals surface area contributed by atoms with Crippen LogP contribution in [0.5, 0.6) is 0 Å². The van der Waals surface area contributed by atoms with Crippen LogP contribution in [-0.2, 0) is 13.2 Å². The summed E-state index contributed by atoms with van der Waals surface area (Å²) in [7, 11) is 0. The van der Waals surface area contributed by atoms with Gasteiger partial charge < -0.3 is 15.1 Å². The first kappa shape index (κ1) is 14.8. The summed E-state index contributed by atoms with van der Waals surface area (Å²) >= 11 is 5.95. The Kier molecular flexibility index (Phi) is 5.35. The molecule has 0 aliphatic heterocycles. The minimum Gasteiger partial charge on any atom is -0.395 e. The summed E-state index contributed by atoms with van der Waals surface area (Å²) < 4.78 is 0. The average Bonchev–Trinajstić information content (AvgIpc) is 2.48. The molecule has 0 aliphatic carbocycles. The SMILES string of the molecule is OCCN(Cc1ccccc1)c1cc(CO)c(Cl)cn1. The molecular formula is C15H17ClN2O2. The maximum Gasteiger partial charge on any atom is 0.129 e. The van der Waals surface area contributed by atoms with Gasteiger partial charge in [-0.25, -0.2) is 4.98 Å². The number of aliphatic hydroxyl groups is 2. The van der Waals surface area contributed by atoms with Gasteiger partial charge in [-0.1, -0.05) is 41.9 Å². The van der Waals surface area contributed by atoms with Crippen LogP contribution in [0.4, 0.5) is 5.82 Å². The number of hydrogen-bond donors (Lipinski definition) is 2. The number of rotatable bonds is 6. The lowest BCUT2D eigenvalue weighted by molar-refractivity contribution is 0.281. The highest BCUT2D eigenvalue weighted by Crippen LogP contribution is 2.21. The Bertz CT molecular complexity index is 549. The molecule has 0 saturated carbocycles. The molecule has 0 atom stereocenters. The summed E-state index contributed by atoms with van der Waals surface area (Å²) in [5, 5.41) is 18.9. The maximum absolute atomic E-state index is 9.26. The Hall–Kier alpha value is -1.62. The van der Waals surface area contributed by atoms with E-state index in [-0.39, 0.29) is 13.2 Å². The second-order valence-electron chi connectivity index (χ2n) is 4.42. The van der Waals surface area contributed by atoms with Gasteiger partial charge in [0.15, 0.2) is 0 Å². The molecule has 1 heterocycles. The number of pyridine rings is 1. The van der Waals surface area contributed by atoms with Crippen molar-refractivity contribution in [2.75, 3.05) is 18.1 Å². The van der Waals surface area contributed by atoms with Crippen molar-refractivity contribution >= 4 is 17.4 Å². The number of nitrogens with zero attached hydrogens (tertiary/aromatic N) is 2. The molecule has 1 aromatic heterocycles. The Morgan fingerprint density at radius 3 is 2.55 bits per heavy atom. The van der Waals surface area contributed by atoms with Crippen LogP contribution in [0.3, 0.4) is 0 Å². The molecule has 0 aliphatic rings. The lowest BCUT2D eigenvalue weighted by Crippen LogP contribution is -2.27. The number of aromatic nitrogens is 1. The summed E-state index contributed by atoms with van der Waals surface area (Å²) in [6.45, 7) is 1.01. The van der Waals surface area contributed by atoms with E-state index in [4.69, 9.17) is 11.6 Å². The molecule has 1 aromatic carbocycles. The van der Waals surface area contributed by atoms with Crippen LogP contribution in [-0.4, -0.2) is 28.3 Å². The standard InChI is InChI=1S/C15H17ClN2O2/c16-14-9-17-15(8-13(14)11-20)18(6-7-19)10-12-4-2-1-3-5-12/h1-5,8-9,19-20H,6-7,10-11H2. The van der Waals surface area contributed by atoms with Gasteiger partial charge in [0.05, 0.1) is 18.2 Å². The monoisotopic (exact) mass is 292 g/mol. The molecule has 4 nitrogen and oxygen atoms in total. The smallest absolute Gasteiger partial charge is 0.129 e. The number of hydrogen-bond acceptors (Lipinski definition) is 4. The molecule has 106 valence electrons. The molecule has 0 unspecified atom stereocenters. The highest BCUT2D eigenvalue weighted by molar-refractivity contribution is 6.31. The Morgan fingerprint density at radius 2 is 1.90 bits per heavy atom. The maximum atomic E-state index is 9.26. The molecule has 2 rings (SSSR count). The normalized spacial score (nSPS) is 10.6. The predicted molar refractivity (Wildman–Crippen MR) is 79.7 cm³/mol. The molecular weight excluding hydrogens is 276 g/mol. The molecule has 0 radical (unpaired) electrons. The lowest BCUT2D eigenvalue weighted by Gasteiger charge is -2.23. The quantitative estimate of drug-likeness (QED) is 0.857. The Balaban J connectivity index is 2.24. The van der Waals surface area contributed by atoms with Gasteiger partial charge in [0.2, 0.25) is 0 Å². The largest absolute Gasteiger partial charge is 0.395 e. The van der Waals surface area contributed by atoms with Crippen molar-refractivity contribution in [1.82, 2.24) is 4.98 Å². The summed E-state index contributed by atoms with van der Waals surface area (Å²) in [6, 6.07) is 11.7. The fraction of sp³-hybridized carbons (Fsp3) is 0.267. The van der Waals surface area contributed by atoms with E-state index < -0.39 is 0 Å². The van der Waals surface area contributed by atoms with E-state index >= 15 is 0 Å². The van der Waals surface area contributed by atoms with Gasteiger partial charge in [-0.15, -0.1) is 0 Å².